The third-order valence-corrected chi connectivity index (χ3v) is 3.91. The Morgan fingerprint density at radius 2 is 1.76 bits per heavy atom. The van der Waals surface area contributed by atoms with Crippen LogP contribution in [0.4, 0.5) is 17.2 Å². The summed E-state index contributed by atoms with van der Waals surface area (Å²) in [6, 6.07) is 15.7. The van der Waals surface area contributed by atoms with Gasteiger partial charge in [0.05, 0.1) is 12.4 Å². The molecule has 0 radical (unpaired) electrons. The first kappa shape index (κ1) is 16.6. The fourth-order valence-corrected chi connectivity index (χ4v) is 2.38. The van der Waals surface area contributed by atoms with Gasteiger partial charge in [0.15, 0.2) is 0 Å². The van der Waals surface area contributed by atoms with Gasteiger partial charge >= 0.3 is 0 Å². The maximum atomic E-state index is 12.3. The van der Waals surface area contributed by atoms with Crippen molar-refractivity contribution >= 4 is 23.1 Å². The van der Waals surface area contributed by atoms with E-state index in [0.717, 1.165) is 23.4 Å². The number of amides is 1. The Bertz CT molecular complexity index is 858. The lowest BCUT2D eigenvalue weighted by Crippen LogP contribution is -2.15. The number of hydrogen-bond acceptors (Lipinski definition) is 4. The maximum absolute atomic E-state index is 12.3. The van der Waals surface area contributed by atoms with Crippen LogP contribution >= 0.6 is 0 Å². The van der Waals surface area contributed by atoms with Gasteiger partial charge in [-0.1, -0.05) is 37.3 Å². The van der Waals surface area contributed by atoms with Crippen molar-refractivity contribution < 1.29 is 4.79 Å². The van der Waals surface area contributed by atoms with Crippen molar-refractivity contribution in [2.45, 2.75) is 20.3 Å². The Morgan fingerprint density at radius 1 is 1.00 bits per heavy atom. The van der Waals surface area contributed by atoms with Crippen LogP contribution in [0.3, 0.4) is 0 Å². The smallest absolute Gasteiger partial charge is 0.275 e. The van der Waals surface area contributed by atoms with Gasteiger partial charge in [0, 0.05) is 11.4 Å². The van der Waals surface area contributed by atoms with E-state index < -0.39 is 0 Å². The second kappa shape index (κ2) is 7.57. The van der Waals surface area contributed by atoms with Crippen molar-refractivity contribution in [1.82, 2.24) is 9.97 Å². The SMILES string of the molecule is CCc1ccc(Nc2cnc(C(=O)Nc3ccccc3C)cn2)cc1. The second-order valence-corrected chi connectivity index (χ2v) is 5.73. The molecule has 1 amide bonds. The highest BCUT2D eigenvalue weighted by molar-refractivity contribution is 6.03. The van der Waals surface area contributed by atoms with E-state index in [1.807, 2.05) is 43.3 Å². The van der Waals surface area contributed by atoms with Gasteiger partial charge in [-0.3, -0.25) is 4.79 Å². The maximum Gasteiger partial charge on any atom is 0.275 e. The van der Waals surface area contributed by atoms with E-state index in [9.17, 15) is 4.79 Å². The van der Waals surface area contributed by atoms with Crippen LogP contribution in [0.15, 0.2) is 60.9 Å². The number of aryl methyl sites for hydroxylation is 2. The molecule has 25 heavy (non-hydrogen) atoms. The average molecular weight is 332 g/mol. The molecule has 2 aromatic carbocycles. The molecule has 0 fully saturated rings. The normalized spacial score (nSPS) is 10.3. The van der Waals surface area contributed by atoms with Crippen LogP contribution in [-0.4, -0.2) is 15.9 Å². The van der Waals surface area contributed by atoms with Crippen LogP contribution in [0.25, 0.3) is 0 Å². The van der Waals surface area contributed by atoms with Crippen molar-refractivity contribution in [2.24, 2.45) is 0 Å². The Labute approximate surface area is 147 Å². The molecule has 1 heterocycles. The molecule has 0 saturated heterocycles. The van der Waals surface area contributed by atoms with E-state index in [0.29, 0.717) is 5.82 Å². The van der Waals surface area contributed by atoms with E-state index in [2.05, 4.69) is 39.7 Å². The number of nitrogens with one attached hydrogen (secondary N) is 2. The molecule has 5 nitrogen and oxygen atoms in total. The molecule has 2 N–H and O–H groups in total. The van der Waals surface area contributed by atoms with E-state index in [1.54, 1.807) is 6.20 Å². The summed E-state index contributed by atoms with van der Waals surface area (Å²) in [6.07, 6.45) is 4.03. The lowest BCUT2D eigenvalue weighted by molar-refractivity contribution is 0.102. The van der Waals surface area contributed by atoms with Crippen LogP contribution in [0.2, 0.25) is 0 Å². The number of hydrogen-bond donors (Lipinski definition) is 2. The summed E-state index contributed by atoms with van der Waals surface area (Å²) in [4.78, 5) is 20.7. The molecule has 0 aliphatic carbocycles. The van der Waals surface area contributed by atoms with Crippen LogP contribution < -0.4 is 10.6 Å². The Balaban J connectivity index is 1.67. The molecule has 0 saturated carbocycles. The number of anilines is 3. The van der Waals surface area contributed by atoms with Crippen LogP contribution in [-0.2, 0) is 6.42 Å². The molecule has 0 bridgehead atoms. The predicted octanol–water partition coefficient (Wildman–Crippen LogP) is 4.34. The van der Waals surface area contributed by atoms with Crippen molar-refractivity contribution in [3.05, 3.63) is 77.7 Å². The standard InChI is InChI=1S/C20H20N4O/c1-3-15-8-10-16(11-9-15)23-19-13-21-18(12-22-19)20(25)24-17-7-5-4-6-14(17)2/h4-13H,3H2,1-2H3,(H,22,23)(H,24,25). The van der Waals surface area contributed by atoms with E-state index in [-0.39, 0.29) is 11.6 Å². The minimum Gasteiger partial charge on any atom is -0.339 e. The Kier molecular flexibility index (Phi) is 5.04. The number of nitrogens with zero attached hydrogens (tertiary/aromatic N) is 2. The van der Waals surface area contributed by atoms with Crippen molar-refractivity contribution in [1.29, 1.82) is 0 Å². The second-order valence-electron chi connectivity index (χ2n) is 5.73. The first-order valence-corrected chi connectivity index (χ1v) is 8.20. The third-order valence-electron chi connectivity index (χ3n) is 3.91. The van der Waals surface area contributed by atoms with Gasteiger partial charge in [-0.2, -0.15) is 0 Å². The Morgan fingerprint density at radius 3 is 2.40 bits per heavy atom. The van der Waals surface area contributed by atoms with E-state index in [1.165, 1.54) is 11.8 Å². The number of para-hydroxylation sites is 1. The summed E-state index contributed by atoms with van der Waals surface area (Å²) in [5.41, 5.74) is 4.25. The summed E-state index contributed by atoms with van der Waals surface area (Å²) >= 11 is 0. The molecule has 126 valence electrons. The molecule has 3 aromatic rings. The van der Waals surface area contributed by atoms with Crippen molar-refractivity contribution in [2.75, 3.05) is 10.6 Å². The number of carbonyl (C=O) groups excluding carboxylic acids is 1. The quantitative estimate of drug-likeness (QED) is 0.729. The number of aromatic nitrogens is 2. The van der Waals surface area contributed by atoms with E-state index in [4.69, 9.17) is 0 Å². The molecule has 3 rings (SSSR count). The fraction of sp³-hybridized carbons (Fsp3) is 0.150. The van der Waals surface area contributed by atoms with Gasteiger partial charge < -0.3 is 10.6 Å². The van der Waals surface area contributed by atoms with Crippen LogP contribution in [0.5, 0.6) is 0 Å². The zero-order valence-electron chi connectivity index (χ0n) is 14.3. The molecular formula is C20H20N4O. The van der Waals surface area contributed by atoms with Gasteiger partial charge in [-0.25, -0.2) is 9.97 Å². The van der Waals surface area contributed by atoms with Gasteiger partial charge in [0.2, 0.25) is 0 Å². The molecule has 1 aromatic heterocycles. The zero-order valence-corrected chi connectivity index (χ0v) is 14.3. The van der Waals surface area contributed by atoms with Gasteiger partial charge in [0.25, 0.3) is 5.91 Å². The predicted molar refractivity (Wildman–Crippen MR) is 100 cm³/mol. The number of carbonyl (C=O) groups is 1. The minimum absolute atomic E-state index is 0.273. The van der Waals surface area contributed by atoms with Gasteiger partial charge in [-0.05, 0) is 42.7 Å². The van der Waals surface area contributed by atoms with Crippen LogP contribution in [0.1, 0.15) is 28.5 Å². The number of rotatable bonds is 5. The summed E-state index contributed by atoms with van der Waals surface area (Å²) in [6.45, 7) is 4.06. The topological polar surface area (TPSA) is 66.9 Å². The molecule has 5 heteroatoms. The molecule has 0 aliphatic rings. The molecule has 0 aliphatic heterocycles. The molecule has 0 spiro atoms. The molecule has 0 unspecified atom stereocenters. The summed E-state index contributed by atoms with van der Waals surface area (Å²) in [5.74, 6) is 0.317. The first-order valence-electron chi connectivity index (χ1n) is 8.20. The van der Waals surface area contributed by atoms with Crippen LogP contribution in [0, 0.1) is 6.92 Å². The largest absolute Gasteiger partial charge is 0.339 e. The fourth-order valence-electron chi connectivity index (χ4n) is 2.38. The van der Waals surface area contributed by atoms with Gasteiger partial charge in [0.1, 0.15) is 11.5 Å². The summed E-state index contributed by atoms with van der Waals surface area (Å²) in [7, 11) is 0. The van der Waals surface area contributed by atoms with Crippen molar-refractivity contribution in [3.63, 3.8) is 0 Å². The first-order chi connectivity index (χ1) is 12.2. The molecular weight excluding hydrogens is 312 g/mol. The third kappa shape index (κ3) is 4.20. The Hall–Kier alpha value is -3.21. The zero-order chi connectivity index (χ0) is 17.6. The lowest BCUT2D eigenvalue weighted by Gasteiger charge is -2.09. The number of benzene rings is 2. The summed E-state index contributed by atoms with van der Waals surface area (Å²) < 4.78 is 0. The average Bonchev–Trinajstić information content (AvgIpc) is 2.65. The monoisotopic (exact) mass is 332 g/mol. The highest BCUT2D eigenvalue weighted by Crippen LogP contribution is 2.16. The highest BCUT2D eigenvalue weighted by Gasteiger charge is 2.09. The van der Waals surface area contributed by atoms with Crippen molar-refractivity contribution in [3.8, 4) is 0 Å². The lowest BCUT2D eigenvalue weighted by atomic mass is 10.1. The van der Waals surface area contributed by atoms with Gasteiger partial charge in [-0.15, -0.1) is 0 Å². The molecule has 0 atom stereocenters. The summed E-state index contributed by atoms with van der Waals surface area (Å²) in [5, 5.41) is 6.02. The highest BCUT2D eigenvalue weighted by atomic mass is 16.1. The minimum atomic E-state index is -0.277. The van der Waals surface area contributed by atoms with E-state index >= 15 is 0 Å².